The highest BCUT2D eigenvalue weighted by Gasteiger charge is 2.22. The maximum absolute atomic E-state index is 5.41. The Bertz CT molecular complexity index is 230. The van der Waals surface area contributed by atoms with Crippen LogP contribution in [-0.2, 0) is 0 Å². The normalized spacial score (nSPS) is 22.2. The second kappa shape index (κ2) is 6.40. The number of nitrogens with one attached hydrogen (secondary N) is 1. The molecule has 0 bridgehead atoms. The first-order valence-corrected chi connectivity index (χ1v) is 6.60. The monoisotopic (exact) mass is 243 g/mol. The third-order valence-electron chi connectivity index (χ3n) is 3.13. The average molecular weight is 243 g/mol. The van der Waals surface area contributed by atoms with Crippen LogP contribution in [0.15, 0.2) is 0 Å². The molecule has 1 unspecified atom stereocenters. The van der Waals surface area contributed by atoms with Crippen molar-refractivity contribution < 1.29 is 0 Å². The van der Waals surface area contributed by atoms with Gasteiger partial charge in [0.05, 0.1) is 0 Å². The van der Waals surface area contributed by atoms with Crippen molar-refractivity contribution in [2.45, 2.75) is 32.7 Å². The van der Waals surface area contributed by atoms with E-state index in [4.69, 9.17) is 12.2 Å². The van der Waals surface area contributed by atoms with Gasteiger partial charge in [0.1, 0.15) is 0 Å². The van der Waals surface area contributed by atoms with E-state index in [2.05, 4.69) is 43.1 Å². The summed E-state index contributed by atoms with van der Waals surface area (Å²) in [6.45, 7) is 7.70. The van der Waals surface area contributed by atoms with Crippen LogP contribution in [0.2, 0.25) is 0 Å². The van der Waals surface area contributed by atoms with Crippen molar-refractivity contribution in [2.75, 3.05) is 33.7 Å². The van der Waals surface area contributed by atoms with Gasteiger partial charge in [-0.25, -0.2) is 0 Å². The second-order valence-corrected chi connectivity index (χ2v) is 5.64. The van der Waals surface area contributed by atoms with E-state index in [-0.39, 0.29) is 0 Å². The van der Waals surface area contributed by atoms with E-state index >= 15 is 0 Å². The largest absolute Gasteiger partial charge is 0.362 e. The van der Waals surface area contributed by atoms with Crippen LogP contribution in [0, 0.1) is 5.92 Å². The molecule has 0 spiro atoms. The van der Waals surface area contributed by atoms with Crippen molar-refractivity contribution in [3.05, 3.63) is 0 Å². The molecule has 4 heteroatoms. The third-order valence-corrected chi connectivity index (χ3v) is 3.56. The van der Waals surface area contributed by atoms with Gasteiger partial charge in [-0.3, -0.25) is 0 Å². The Morgan fingerprint density at radius 3 is 2.81 bits per heavy atom. The topological polar surface area (TPSA) is 18.5 Å². The summed E-state index contributed by atoms with van der Waals surface area (Å²) in [5, 5.41) is 4.23. The van der Waals surface area contributed by atoms with Gasteiger partial charge in [0.25, 0.3) is 0 Å². The molecule has 1 saturated heterocycles. The highest BCUT2D eigenvalue weighted by molar-refractivity contribution is 7.80. The summed E-state index contributed by atoms with van der Waals surface area (Å²) in [5.74, 6) is 0.639. The lowest BCUT2D eigenvalue weighted by molar-refractivity contribution is 0.181. The molecule has 0 amide bonds. The molecular formula is C12H25N3S. The van der Waals surface area contributed by atoms with E-state index in [1.54, 1.807) is 0 Å². The molecule has 0 saturated carbocycles. The number of nitrogens with zero attached hydrogens (tertiary/aromatic N) is 2. The summed E-state index contributed by atoms with van der Waals surface area (Å²) >= 11 is 5.41. The Morgan fingerprint density at radius 1 is 1.56 bits per heavy atom. The molecule has 3 nitrogen and oxygen atoms in total. The van der Waals surface area contributed by atoms with Crippen LogP contribution in [0.3, 0.4) is 0 Å². The van der Waals surface area contributed by atoms with Gasteiger partial charge in [0.15, 0.2) is 5.11 Å². The second-order valence-electron chi connectivity index (χ2n) is 5.25. The Kier molecular flexibility index (Phi) is 5.49. The first-order valence-electron chi connectivity index (χ1n) is 6.20. The molecule has 1 heterocycles. The quantitative estimate of drug-likeness (QED) is 0.758. The molecule has 1 aliphatic rings. The maximum Gasteiger partial charge on any atom is 0.168 e. The van der Waals surface area contributed by atoms with Crippen molar-refractivity contribution in [2.24, 2.45) is 5.92 Å². The van der Waals surface area contributed by atoms with Crippen molar-refractivity contribution in [1.29, 1.82) is 0 Å². The van der Waals surface area contributed by atoms with Crippen molar-refractivity contribution in [1.82, 2.24) is 15.1 Å². The molecule has 1 fully saturated rings. The van der Waals surface area contributed by atoms with Crippen LogP contribution in [-0.4, -0.2) is 54.7 Å². The third kappa shape index (κ3) is 4.26. The van der Waals surface area contributed by atoms with Gasteiger partial charge >= 0.3 is 0 Å². The van der Waals surface area contributed by atoms with E-state index in [9.17, 15) is 0 Å². The molecule has 0 radical (unpaired) electrons. The zero-order chi connectivity index (χ0) is 12.1. The van der Waals surface area contributed by atoms with Crippen LogP contribution in [0.5, 0.6) is 0 Å². The summed E-state index contributed by atoms with van der Waals surface area (Å²) in [7, 11) is 4.30. The summed E-state index contributed by atoms with van der Waals surface area (Å²) in [5.41, 5.74) is 0. The van der Waals surface area contributed by atoms with Crippen LogP contribution < -0.4 is 5.32 Å². The van der Waals surface area contributed by atoms with E-state index in [1.165, 1.54) is 19.4 Å². The summed E-state index contributed by atoms with van der Waals surface area (Å²) in [4.78, 5) is 4.61. The Hall–Kier alpha value is -0.350. The number of hydrogen-bond acceptors (Lipinski definition) is 2. The van der Waals surface area contributed by atoms with Crippen molar-refractivity contribution in [3.63, 3.8) is 0 Å². The average Bonchev–Trinajstić information content (AvgIpc) is 2.24. The number of rotatable bonds is 3. The lowest BCUT2D eigenvalue weighted by Gasteiger charge is -2.37. The van der Waals surface area contributed by atoms with Gasteiger partial charge in [-0.15, -0.1) is 0 Å². The zero-order valence-electron chi connectivity index (χ0n) is 11.0. The standard InChI is InChI=1S/C12H25N3S/c1-10(2)8-13-12(16)15(4)11-6-5-7-14(3)9-11/h10-11H,5-9H2,1-4H3,(H,13,16). The predicted octanol–water partition coefficient (Wildman–Crippen LogP) is 1.54. The molecule has 0 aromatic carbocycles. The van der Waals surface area contributed by atoms with E-state index in [1.807, 2.05) is 0 Å². The number of likely N-dealkylation sites (tertiary alicyclic amines) is 1. The van der Waals surface area contributed by atoms with Gasteiger partial charge in [-0.05, 0) is 44.6 Å². The minimum atomic E-state index is 0.575. The number of piperidine rings is 1. The van der Waals surface area contributed by atoms with Crippen LogP contribution in [0.4, 0.5) is 0 Å². The summed E-state index contributed by atoms with van der Waals surface area (Å²) < 4.78 is 0. The molecule has 1 N–H and O–H groups in total. The Morgan fingerprint density at radius 2 is 2.25 bits per heavy atom. The highest BCUT2D eigenvalue weighted by Crippen LogP contribution is 2.13. The van der Waals surface area contributed by atoms with Crippen LogP contribution in [0.1, 0.15) is 26.7 Å². The highest BCUT2D eigenvalue weighted by atomic mass is 32.1. The summed E-state index contributed by atoms with van der Waals surface area (Å²) in [6, 6.07) is 0.575. The number of likely N-dealkylation sites (N-methyl/N-ethyl adjacent to an activating group) is 2. The van der Waals surface area contributed by atoms with Crippen LogP contribution in [0.25, 0.3) is 0 Å². The number of thiocarbonyl (C=S) groups is 1. The molecule has 0 aromatic rings. The molecule has 1 atom stereocenters. The Balaban J connectivity index is 2.37. The molecule has 0 aliphatic carbocycles. The zero-order valence-corrected chi connectivity index (χ0v) is 11.8. The fourth-order valence-electron chi connectivity index (χ4n) is 2.04. The molecule has 1 rings (SSSR count). The van der Waals surface area contributed by atoms with Gasteiger partial charge in [-0.1, -0.05) is 13.8 Å². The first-order chi connectivity index (χ1) is 7.50. The van der Waals surface area contributed by atoms with Crippen LogP contribution >= 0.6 is 12.2 Å². The lowest BCUT2D eigenvalue weighted by atomic mass is 10.1. The minimum Gasteiger partial charge on any atom is -0.362 e. The molecule has 1 aliphatic heterocycles. The van der Waals surface area contributed by atoms with Gasteiger partial charge in [0, 0.05) is 26.2 Å². The first kappa shape index (κ1) is 13.7. The van der Waals surface area contributed by atoms with Gasteiger partial charge < -0.3 is 15.1 Å². The van der Waals surface area contributed by atoms with E-state index < -0.39 is 0 Å². The van der Waals surface area contributed by atoms with Crippen molar-refractivity contribution in [3.8, 4) is 0 Å². The van der Waals surface area contributed by atoms with Gasteiger partial charge in [0.2, 0.25) is 0 Å². The maximum atomic E-state index is 5.41. The van der Waals surface area contributed by atoms with Crippen molar-refractivity contribution >= 4 is 17.3 Å². The molecule has 0 aromatic heterocycles. The fourth-order valence-corrected chi connectivity index (χ4v) is 2.27. The SMILES string of the molecule is CC(C)CNC(=S)N(C)C1CCCN(C)C1. The molecular weight excluding hydrogens is 218 g/mol. The molecule has 16 heavy (non-hydrogen) atoms. The number of hydrogen-bond donors (Lipinski definition) is 1. The smallest absolute Gasteiger partial charge is 0.168 e. The van der Waals surface area contributed by atoms with E-state index in [0.29, 0.717) is 12.0 Å². The fraction of sp³-hybridized carbons (Fsp3) is 0.917. The molecule has 94 valence electrons. The minimum absolute atomic E-state index is 0.575. The van der Waals surface area contributed by atoms with E-state index in [0.717, 1.165) is 18.2 Å². The lowest BCUT2D eigenvalue weighted by Crippen LogP contribution is -2.50. The Labute approximate surface area is 105 Å². The summed E-state index contributed by atoms with van der Waals surface area (Å²) in [6.07, 6.45) is 2.53. The van der Waals surface area contributed by atoms with Gasteiger partial charge in [-0.2, -0.15) is 0 Å². The predicted molar refractivity (Wildman–Crippen MR) is 73.7 cm³/mol.